The number of carbonyl (C=O) groups excluding carboxylic acids is 1. The van der Waals surface area contributed by atoms with Crippen LogP contribution in [0, 0.1) is 5.82 Å². The fraction of sp³-hybridized carbons (Fsp3) is 0. The lowest BCUT2D eigenvalue weighted by Crippen LogP contribution is -2.13. The number of nitrogens with zero attached hydrogens (tertiary/aromatic N) is 3. The zero-order valence-electron chi connectivity index (χ0n) is 11.3. The third-order valence-electron chi connectivity index (χ3n) is 2.89. The van der Waals surface area contributed by atoms with Crippen molar-refractivity contribution in [2.75, 3.05) is 5.32 Å². The monoisotopic (exact) mass is 351 g/mol. The number of rotatable bonds is 3. The quantitative estimate of drug-likeness (QED) is 0.706. The lowest BCUT2D eigenvalue weighted by atomic mass is 10.2. The van der Waals surface area contributed by atoms with Crippen molar-refractivity contribution in [1.82, 2.24) is 20.2 Å². The molecule has 23 heavy (non-hydrogen) atoms. The highest BCUT2D eigenvalue weighted by atomic mass is 35.5. The van der Waals surface area contributed by atoms with Crippen molar-refractivity contribution in [2.45, 2.75) is 0 Å². The van der Waals surface area contributed by atoms with Gasteiger partial charge in [-0.3, -0.25) is 15.2 Å². The van der Waals surface area contributed by atoms with Crippen LogP contribution in [0.1, 0.15) is 10.4 Å². The van der Waals surface area contributed by atoms with E-state index in [0.717, 1.165) is 0 Å². The molecule has 2 heterocycles. The largest absolute Gasteiger partial charge is 0.289 e. The van der Waals surface area contributed by atoms with E-state index < -0.39 is 5.91 Å². The molecule has 0 bridgehead atoms. The van der Waals surface area contributed by atoms with Gasteiger partial charge in [-0.15, -0.1) is 5.10 Å². The summed E-state index contributed by atoms with van der Waals surface area (Å²) in [6, 6.07) is 7.09. The number of hydrogen-bond acceptors (Lipinski definition) is 4. The molecule has 9 heteroatoms. The van der Waals surface area contributed by atoms with Gasteiger partial charge in [-0.1, -0.05) is 23.2 Å². The second-order valence-electron chi connectivity index (χ2n) is 4.47. The third-order valence-corrected chi connectivity index (χ3v) is 3.57. The summed E-state index contributed by atoms with van der Waals surface area (Å²) in [6.07, 6.45) is 1.29. The van der Waals surface area contributed by atoms with Crippen molar-refractivity contribution in [3.05, 3.63) is 58.1 Å². The van der Waals surface area contributed by atoms with Crippen LogP contribution in [0.5, 0.6) is 0 Å². The maximum absolute atomic E-state index is 12.9. The van der Waals surface area contributed by atoms with E-state index in [1.807, 2.05) is 0 Å². The van der Waals surface area contributed by atoms with Crippen LogP contribution in [0.3, 0.4) is 0 Å². The highest BCUT2D eigenvalue weighted by molar-refractivity contribution is 6.41. The molecule has 0 aliphatic heterocycles. The van der Waals surface area contributed by atoms with Crippen LogP contribution >= 0.6 is 23.2 Å². The lowest BCUT2D eigenvalue weighted by Gasteiger charge is -2.01. The van der Waals surface area contributed by atoms with Crippen molar-refractivity contribution in [3.8, 4) is 11.4 Å². The predicted octanol–water partition coefficient (Wildman–Crippen LogP) is 3.56. The lowest BCUT2D eigenvalue weighted by molar-refractivity contribution is 0.102. The molecule has 3 rings (SSSR count). The maximum atomic E-state index is 12.9. The molecule has 1 amide bonds. The minimum absolute atomic E-state index is 0.0698. The van der Waals surface area contributed by atoms with E-state index >= 15 is 0 Å². The van der Waals surface area contributed by atoms with E-state index in [4.69, 9.17) is 23.2 Å². The molecular formula is C14H8Cl2FN5O. The van der Waals surface area contributed by atoms with Crippen LogP contribution in [0.2, 0.25) is 10.2 Å². The van der Waals surface area contributed by atoms with Crippen molar-refractivity contribution < 1.29 is 9.18 Å². The highest BCUT2D eigenvalue weighted by Gasteiger charge is 2.13. The number of aromatic amines is 1. The number of benzene rings is 1. The van der Waals surface area contributed by atoms with Gasteiger partial charge in [-0.05, 0) is 30.3 Å². The smallest absolute Gasteiger partial charge is 0.259 e. The number of nitrogens with one attached hydrogen (secondary N) is 2. The second-order valence-corrected chi connectivity index (χ2v) is 5.23. The Kier molecular flexibility index (Phi) is 4.22. The first-order valence-electron chi connectivity index (χ1n) is 6.33. The van der Waals surface area contributed by atoms with Crippen molar-refractivity contribution >= 4 is 35.1 Å². The Bertz CT molecular complexity index is 866. The van der Waals surface area contributed by atoms with Crippen LogP contribution < -0.4 is 5.32 Å². The fourth-order valence-corrected chi connectivity index (χ4v) is 2.04. The van der Waals surface area contributed by atoms with Crippen molar-refractivity contribution in [3.63, 3.8) is 0 Å². The van der Waals surface area contributed by atoms with E-state index in [0.29, 0.717) is 11.4 Å². The van der Waals surface area contributed by atoms with Crippen LogP contribution in [0.4, 0.5) is 10.3 Å². The summed E-state index contributed by atoms with van der Waals surface area (Å²) >= 11 is 11.5. The standard InChI is InChI=1S/C14H8Cl2FN5O/c15-10-5-8(6-18-11(10)16)13(23)20-14-19-12(21-22-14)7-1-3-9(17)4-2-7/h1-6H,(H2,19,20,21,22,23). The van der Waals surface area contributed by atoms with Crippen LogP contribution in [-0.4, -0.2) is 26.1 Å². The molecular weight excluding hydrogens is 344 g/mol. The summed E-state index contributed by atoms with van der Waals surface area (Å²) in [5.41, 5.74) is 0.850. The number of amides is 1. The topological polar surface area (TPSA) is 83.6 Å². The van der Waals surface area contributed by atoms with E-state index in [2.05, 4.69) is 25.5 Å². The predicted molar refractivity (Wildman–Crippen MR) is 84.0 cm³/mol. The molecule has 2 aromatic heterocycles. The van der Waals surface area contributed by atoms with Gasteiger partial charge in [0.2, 0.25) is 5.95 Å². The molecule has 3 aromatic rings. The minimum atomic E-state index is -0.485. The van der Waals surface area contributed by atoms with Gasteiger partial charge in [0.1, 0.15) is 11.0 Å². The van der Waals surface area contributed by atoms with Crippen LogP contribution in [0.15, 0.2) is 36.5 Å². The van der Waals surface area contributed by atoms with Crippen LogP contribution in [-0.2, 0) is 0 Å². The van der Waals surface area contributed by atoms with Gasteiger partial charge in [0.05, 0.1) is 10.6 Å². The van der Waals surface area contributed by atoms with E-state index in [-0.39, 0.29) is 27.5 Å². The van der Waals surface area contributed by atoms with E-state index in [1.165, 1.54) is 24.4 Å². The van der Waals surface area contributed by atoms with Gasteiger partial charge in [0, 0.05) is 11.8 Å². The second kappa shape index (κ2) is 6.31. The molecule has 0 saturated heterocycles. The first-order chi connectivity index (χ1) is 11.0. The average molecular weight is 352 g/mol. The summed E-state index contributed by atoms with van der Waals surface area (Å²) in [5.74, 6) is -0.373. The number of hydrogen-bond donors (Lipinski definition) is 2. The Hall–Kier alpha value is -2.51. The molecule has 0 spiro atoms. The molecule has 116 valence electrons. The molecule has 1 aromatic carbocycles. The van der Waals surface area contributed by atoms with Gasteiger partial charge < -0.3 is 0 Å². The minimum Gasteiger partial charge on any atom is -0.289 e. The first kappa shape index (κ1) is 15.4. The van der Waals surface area contributed by atoms with Gasteiger partial charge in [-0.25, -0.2) is 9.37 Å². The number of H-pyrrole nitrogens is 1. The molecule has 2 N–H and O–H groups in total. The zero-order valence-corrected chi connectivity index (χ0v) is 12.9. The number of aromatic nitrogens is 4. The third kappa shape index (κ3) is 3.46. The Morgan fingerprint density at radius 1 is 1.22 bits per heavy atom. The molecule has 0 unspecified atom stereocenters. The Balaban J connectivity index is 1.77. The summed E-state index contributed by atoms with van der Waals surface area (Å²) in [7, 11) is 0. The van der Waals surface area contributed by atoms with E-state index in [1.54, 1.807) is 12.1 Å². The maximum Gasteiger partial charge on any atom is 0.259 e. The zero-order chi connectivity index (χ0) is 16.4. The molecule has 0 fully saturated rings. The fourth-order valence-electron chi connectivity index (χ4n) is 1.77. The molecule has 0 aliphatic rings. The number of anilines is 1. The number of pyridine rings is 1. The van der Waals surface area contributed by atoms with Crippen LogP contribution in [0.25, 0.3) is 11.4 Å². The SMILES string of the molecule is O=C(Nc1n[nH]c(-c2ccc(F)cc2)n1)c1cnc(Cl)c(Cl)c1. The average Bonchev–Trinajstić information content (AvgIpc) is 2.99. The highest BCUT2D eigenvalue weighted by Crippen LogP contribution is 2.20. The molecule has 0 radical (unpaired) electrons. The molecule has 0 saturated carbocycles. The summed E-state index contributed by atoms with van der Waals surface area (Å²) < 4.78 is 12.9. The Labute approximate surface area is 139 Å². The molecule has 0 atom stereocenters. The summed E-state index contributed by atoms with van der Waals surface area (Å²) in [4.78, 5) is 20.0. The molecule has 6 nitrogen and oxygen atoms in total. The van der Waals surface area contributed by atoms with Crippen molar-refractivity contribution in [1.29, 1.82) is 0 Å². The molecule has 0 aliphatic carbocycles. The van der Waals surface area contributed by atoms with Gasteiger partial charge in [0.15, 0.2) is 5.82 Å². The van der Waals surface area contributed by atoms with Gasteiger partial charge in [0.25, 0.3) is 5.91 Å². The summed E-state index contributed by atoms with van der Waals surface area (Å²) in [6.45, 7) is 0. The summed E-state index contributed by atoms with van der Waals surface area (Å²) in [5, 5.41) is 9.31. The van der Waals surface area contributed by atoms with E-state index in [9.17, 15) is 9.18 Å². The van der Waals surface area contributed by atoms with Gasteiger partial charge >= 0.3 is 0 Å². The normalized spacial score (nSPS) is 10.6. The Morgan fingerprint density at radius 3 is 2.65 bits per heavy atom. The van der Waals surface area contributed by atoms with Crippen molar-refractivity contribution in [2.24, 2.45) is 0 Å². The first-order valence-corrected chi connectivity index (χ1v) is 7.09. The number of carbonyl (C=O) groups is 1. The Morgan fingerprint density at radius 2 is 1.96 bits per heavy atom. The number of halogens is 3. The van der Waals surface area contributed by atoms with Gasteiger partial charge in [-0.2, -0.15) is 4.98 Å².